The van der Waals surface area contributed by atoms with Crippen molar-refractivity contribution in [3.63, 3.8) is 0 Å². The van der Waals surface area contributed by atoms with Gasteiger partial charge in [0.2, 0.25) is 10.0 Å². The van der Waals surface area contributed by atoms with Gasteiger partial charge in [-0.15, -0.1) is 0 Å². The van der Waals surface area contributed by atoms with Crippen LogP contribution >= 0.6 is 0 Å². The van der Waals surface area contributed by atoms with Gasteiger partial charge in [-0.1, -0.05) is 12.1 Å². The lowest BCUT2D eigenvalue weighted by atomic mass is 10.2. The van der Waals surface area contributed by atoms with Crippen molar-refractivity contribution in [1.29, 1.82) is 0 Å². The second kappa shape index (κ2) is 8.09. The molecule has 2 aromatic rings. The molecule has 1 N–H and O–H groups in total. The second-order valence-corrected chi connectivity index (χ2v) is 7.72. The van der Waals surface area contributed by atoms with Gasteiger partial charge < -0.3 is 9.15 Å². The van der Waals surface area contributed by atoms with Gasteiger partial charge in [0.1, 0.15) is 11.6 Å². The molecule has 0 aliphatic carbocycles. The maximum atomic E-state index is 13.2. The fraction of sp³-hybridized carbons (Fsp3) is 0.412. The third kappa shape index (κ3) is 5.12. The lowest BCUT2D eigenvalue weighted by Crippen LogP contribution is -2.43. The minimum atomic E-state index is -3.59. The zero-order valence-electron chi connectivity index (χ0n) is 13.7. The van der Waals surface area contributed by atoms with Crippen LogP contribution in [-0.2, 0) is 20.5 Å². The molecule has 0 bridgehead atoms. The quantitative estimate of drug-likeness (QED) is 0.808. The van der Waals surface area contributed by atoms with Gasteiger partial charge in [0.05, 0.1) is 31.3 Å². The Bertz CT molecular complexity index is 774. The Balaban J connectivity index is 1.67. The molecular weight excluding hydrogens is 347 g/mol. The molecule has 1 unspecified atom stereocenters. The van der Waals surface area contributed by atoms with Gasteiger partial charge in [-0.2, -0.15) is 0 Å². The number of ether oxygens (including phenoxy) is 1. The molecule has 1 aromatic heterocycles. The van der Waals surface area contributed by atoms with Crippen molar-refractivity contribution >= 4 is 10.0 Å². The standard InChI is InChI=1S/C17H21FN2O4S/c18-15-4-1-3-14(11-15)13-25(21,22)19-12-16(17-5-2-8-24-17)20-6-9-23-10-7-20/h1-5,8,11,16,19H,6-7,9-10,12-13H2. The maximum Gasteiger partial charge on any atom is 0.215 e. The largest absolute Gasteiger partial charge is 0.468 e. The summed E-state index contributed by atoms with van der Waals surface area (Å²) in [6.45, 7) is 2.81. The first-order valence-electron chi connectivity index (χ1n) is 8.10. The Morgan fingerprint density at radius 3 is 2.68 bits per heavy atom. The zero-order valence-corrected chi connectivity index (χ0v) is 14.5. The highest BCUT2D eigenvalue weighted by Gasteiger charge is 2.26. The van der Waals surface area contributed by atoms with Crippen molar-refractivity contribution < 1.29 is 22.0 Å². The van der Waals surface area contributed by atoms with Crippen LogP contribution in [0.1, 0.15) is 17.4 Å². The highest BCUT2D eigenvalue weighted by atomic mass is 32.2. The minimum absolute atomic E-state index is 0.186. The van der Waals surface area contributed by atoms with Crippen LogP contribution in [0.25, 0.3) is 0 Å². The van der Waals surface area contributed by atoms with Gasteiger partial charge in [0, 0.05) is 19.6 Å². The lowest BCUT2D eigenvalue weighted by Gasteiger charge is -2.33. The predicted molar refractivity (Wildman–Crippen MR) is 90.9 cm³/mol. The molecule has 1 saturated heterocycles. The molecule has 6 nitrogen and oxygen atoms in total. The van der Waals surface area contributed by atoms with Gasteiger partial charge >= 0.3 is 0 Å². The highest BCUT2D eigenvalue weighted by molar-refractivity contribution is 7.88. The summed E-state index contributed by atoms with van der Waals surface area (Å²) in [7, 11) is -3.59. The molecule has 1 atom stereocenters. The van der Waals surface area contributed by atoms with Crippen LogP contribution in [0.3, 0.4) is 0 Å². The van der Waals surface area contributed by atoms with Crippen LogP contribution in [0.5, 0.6) is 0 Å². The molecule has 25 heavy (non-hydrogen) atoms. The van der Waals surface area contributed by atoms with Crippen molar-refractivity contribution in [3.05, 3.63) is 59.8 Å². The van der Waals surface area contributed by atoms with E-state index in [-0.39, 0.29) is 18.3 Å². The molecule has 0 radical (unpaired) electrons. The van der Waals surface area contributed by atoms with E-state index in [1.54, 1.807) is 18.4 Å². The van der Waals surface area contributed by atoms with E-state index in [1.165, 1.54) is 18.2 Å². The Hall–Kier alpha value is -1.74. The number of sulfonamides is 1. The summed E-state index contributed by atoms with van der Waals surface area (Å²) in [4.78, 5) is 2.13. The molecule has 1 aromatic carbocycles. The Labute approximate surface area is 146 Å². The molecule has 3 rings (SSSR count). The molecule has 8 heteroatoms. The topological polar surface area (TPSA) is 71.8 Å². The van der Waals surface area contributed by atoms with Crippen molar-refractivity contribution in [2.24, 2.45) is 0 Å². The predicted octanol–water partition coefficient (Wildman–Crippen LogP) is 1.91. The lowest BCUT2D eigenvalue weighted by molar-refractivity contribution is 0.0128. The van der Waals surface area contributed by atoms with E-state index in [2.05, 4.69) is 9.62 Å². The first-order valence-corrected chi connectivity index (χ1v) is 9.76. The van der Waals surface area contributed by atoms with E-state index in [4.69, 9.17) is 9.15 Å². The molecule has 1 fully saturated rings. The molecule has 0 amide bonds. The van der Waals surface area contributed by atoms with E-state index < -0.39 is 15.8 Å². The summed E-state index contributed by atoms with van der Waals surface area (Å²) in [5.41, 5.74) is 0.411. The average molecular weight is 368 g/mol. The van der Waals surface area contributed by atoms with E-state index in [1.807, 2.05) is 6.07 Å². The molecule has 0 spiro atoms. The third-order valence-corrected chi connectivity index (χ3v) is 5.42. The fourth-order valence-corrected chi connectivity index (χ4v) is 4.02. The summed E-state index contributed by atoms with van der Waals surface area (Å²) >= 11 is 0. The first kappa shape index (κ1) is 18.1. The van der Waals surface area contributed by atoms with Gasteiger partial charge in [-0.3, -0.25) is 4.90 Å². The van der Waals surface area contributed by atoms with Crippen LogP contribution in [-0.4, -0.2) is 46.2 Å². The average Bonchev–Trinajstić information content (AvgIpc) is 3.10. The van der Waals surface area contributed by atoms with Crippen molar-refractivity contribution in [1.82, 2.24) is 9.62 Å². The molecule has 1 aliphatic heterocycles. The Morgan fingerprint density at radius 1 is 1.20 bits per heavy atom. The molecule has 0 saturated carbocycles. The van der Waals surface area contributed by atoms with Gasteiger partial charge in [0.25, 0.3) is 0 Å². The summed E-state index contributed by atoms with van der Waals surface area (Å²) in [6.07, 6.45) is 1.57. The number of nitrogens with one attached hydrogen (secondary N) is 1. The van der Waals surface area contributed by atoms with Gasteiger partial charge in [-0.25, -0.2) is 17.5 Å². The van der Waals surface area contributed by atoms with Crippen LogP contribution in [0.2, 0.25) is 0 Å². The zero-order chi connectivity index (χ0) is 17.7. The number of hydrogen-bond donors (Lipinski definition) is 1. The third-order valence-electron chi connectivity index (χ3n) is 4.10. The number of benzene rings is 1. The van der Waals surface area contributed by atoms with E-state index in [0.29, 0.717) is 37.6 Å². The Kier molecular flexibility index (Phi) is 5.85. The summed E-state index contributed by atoms with van der Waals surface area (Å²) in [6, 6.07) is 9.01. The molecule has 1 aliphatic rings. The van der Waals surface area contributed by atoms with Crippen LogP contribution < -0.4 is 4.72 Å². The minimum Gasteiger partial charge on any atom is -0.468 e. The number of morpholine rings is 1. The van der Waals surface area contributed by atoms with Gasteiger partial charge in [-0.05, 0) is 29.8 Å². The molecule has 136 valence electrons. The van der Waals surface area contributed by atoms with Crippen molar-refractivity contribution in [2.45, 2.75) is 11.8 Å². The van der Waals surface area contributed by atoms with Crippen LogP contribution in [0, 0.1) is 5.82 Å². The van der Waals surface area contributed by atoms with E-state index >= 15 is 0 Å². The van der Waals surface area contributed by atoms with Crippen LogP contribution in [0.15, 0.2) is 47.1 Å². The van der Waals surface area contributed by atoms with E-state index in [9.17, 15) is 12.8 Å². The monoisotopic (exact) mass is 368 g/mol. The number of rotatable bonds is 7. The molecular formula is C17H21FN2O4S. The number of nitrogens with zero attached hydrogens (tertiary/aromatic N) is 1. The number of hydrogen-bond acceptors (Lipinski definition) is 5. The van der Waals surface area contributed by atoms with Crippen molar-refractivity contribution in [2.75, 3.05) is 32.8 Å². The van der Waals surface area contributed by atoms with Gasteiger partial charge in [0.15, 0.2) is 0 Å². The normalized spacial score (nSPS) is 17.5. The summed E-state index contributed by atoms with van der Waals surface area (Å²) < 4.78 is 51.4. The Morgan fingerprint density at radius 2 is 2.00 bits per heavy atom. The summed E-state index contributed by atoms with van der Waals surface area (Å²) in [5.74, 6) is -0.0107. The van der Waals surface area contributed by atoms with Crippen molar-refractivity contribution in [3.8, 4) is 0 Å². The fourth-order valence-electron chi connectivity index (χ4n) is 2.88. The number of halogens is 1. The highest BCUT2D eigenvalue weighted by Crippen LogP contribution is 2.22. The van der Waals surface area contributed by atoms with Crippen LogP contribution in [0.4, 0.5) is 4.39 Å². The smallest absolute Gasteiger partial charge is 0.215 e. The summed E-state index contributed by atoms with van der Waals surface area (Å²) in [5, 5.41) is 0. The second-order valence-electron chi connectivity index (χ2n) is 5.92. The van der Waals surface area contributed by atoms with E-state index in [0.717, 1.165) is 0 Å². The first-order chi connectivity index (χ1) is 12.0. The SMILES string of the molecule is O=S(=O)(Cc1cccc(F)c1)NCC(c1ccco1)N1CCOCC1. The maximum absolute atomic E-state index is 13.2. The number of furan rings is 1. The molecule has 2 heterocycles.